The number of methoxy groups -OCH3 is 1. The Balaban J connectivity index is 0.00000210. The molecule has 0 N–H and O–H groups in total. The van der Waals surface area contributed by atoms with Crippen LogP contribution < -0.4 is 34.3 Å². The van der Waals surface area contributed by atoms with Gasteiger partial charge in [-0.15, -0.1) is 0 Å². The van der Waals surface area contributed by atoms with Crippen molar-refractivity contribution in [2.75, 3.05) is 36.7 Å². The van der Waals surface area contributed by atoms with Gasteiger partial charge in [-0.2, -0.15) is 0 Å². The monoisotopic (exact) mass is 480 g/mol. The van der Waals surface area contributed by atoms with Crippen molar-refractivity contribution < 1.29 is 34.3 Å². The van der Waals surface area contributed by atoms with Crippen LogP contribution in [0.1, 0.15) is 63.5 Å². The molecule has 1 aromatic rings. The van der Waals surface area contributed by atoms with Gasteiger partial charge < -0.3 is 34.3 Å². The van der Waals surface area contributed by atoms with Crippen LogP contribution in [0.3, 0.4) is 0 Å². The molecular formula is C23H38Cl2O2S2. The zero-order valence-electron chi connectivity index (χ0n) is 18.3. The number of ether oxygens (including phenoxy) is 2. The van der Waals surface area contributed by atoms with Crippen molar-refractivity contribution in [3.63, 3.8) is 0 Å². The maximum Gasteiger partial charge on any atom is 0.136 e. The van der Waals surface area contributed by atoms with Crippen LogP contribution in [-0.4, -0.2) is 36.7 Å². The van der Waals surface area contributed by atoms with Crippen molar-refractivity contribution in [3.8, 4) is 11.5 Å². The van der Waals surface area contributed by atoms with Crippen LogP contribution in [0.5, 0.6) is 11.5 Å². The van der Waals surface area contributed by atoms with E-state index in [1.54, 1.807) is 0 Å². The van der Waals surface area contributed by atoms with Gasteiger partial charge in [-0.25, -0.2) is 0 Å². The average Bonchev–Trinajstić information content (AvgIpc) is 3.34. The maximum atomic E-state index is 6.35. The first-order valence-electron chi connectivity index (χ1n) is 10.8. The fraction of sp³-hybridized carbons (Fsp3) is 0.739. The molecule has 2 aliphatic heterocycles. The van der Waals surface area contributed by atoms with E-state index >= 15 is 0 Å². The smallest absolute Gasteiger partial charge is 0.136 e. The van der Waals surface area contributed by atoms with E-state index in [1.165, 1.54) is 77.7 Å². The van der Waals surface area contributed by atoms with Gasteiger partial charge in [-0.1, -0.05) is 13.8 Å². The summed E-state index contributed by atoms with van der Waals surface area (Å²) < 4.78 is 12.2. The van der Waals surface area contributed by atoms with Crippen molar-refractivity contribution in [1.82, 2.24) is 0 Å². The SMILES string of the molecule is COc1cc(C[S+]2CCCC2)c(OCCCC(C)C)cc1C[S+]1CCCC1.[Cl-].[Cl-]. The summed E-state index contributed by atoms with van der Waals surface area (Å²) in [5.41, 5.74) is 2.76. The van der Waals surface area contributed by atoms with Gasteiger partial charge in [0, 0.05) is 11.1 Å². The first kappa shape index (κ1) is 27.1. The van der Waals surface area contributed by atoms with E-state index in [2.05, 4.69) is 26.0 Å². The standard InChI is InChI=1S/C23H38O2S2.2ClH/c1-19(2)9-8-10-25-23-16-20(17-26-11-4-5-12-26)22(24-3)15-21(23)18-27-13-6-7-14-27;;/h15-16,19H,4-14,17-18H2,1-3H3;2*1H/q+2;;/p-2. The molecule has 2 nitrogen and oxygen atoms in total. The molecule has 6 heteroatoms. The molecule has 2 aliphatic rings. The van der Waals surface area contributed by atoms with Crippen molar-refractivity contribution in [3.05, 3.63) is 23.3 Å². The van der Waals surface area contributed by atoms with Crippen LogP contribution in [0.4, 0.5) is 0 Å². The molecule has 3 rings (SSSR count). The van der Waals surface area contributed by atoms with Gasteiger partial charge in [0.25, 0.3) is 0 Å². The molecule has 0 aromatic heterocycles. The Morgan fingerprint density at radius 3 is 1.79 bits per heavy atom. The number of rotatable bonds is 10. The molecule has 0 atom stereocenters. The van der Waals surface area contributed by atoms with E-state index in [9.17, 15) is 0 Å². The van der Waals surface area contributed by atoms with E-state index in [-0.39, 0.29) is 24.8 Å². The van der Waals surface area contributed by atoms with Gasteiger partial charge >= 0.3 is 0 Å². The lowest BCUT2D eigenvalue weighted by molar-refractivity contribution is -0.00100. The molecule has 2 heterocycles. The molecule has 0 amide bonds. The fourth-order valence-corrected chi connectivity index (χ4v) is 8.79. The molecule has 168 valence electrons. The lowest BCUT2D eigenvalue weighted by Crippen LogP contribution is -3.00. The van der Waals surface area contributed by atoms with Crippen molar-refractivity contribution in [2.24, 2.45) is 5.92 Å². The molecule has 2 fully saturated rings. The molecule has 0 radical (unpaired) electrons. The fourth-order valence-electron chi connectivity index (χ4n) is 4.03. The highest BCUT2D eigenvalue weighted by Gasteiger charge is 2.29. The zero-order chi connectivity index (χ0) is 19.1. The third-order valence-electron chi connectivity index (χ3n) is 5.60. The van der Waals surface area contributed by atoms with Gasteiger partial charge in [0.1, 0.15) is 46.0 Å². The van der Waals surface area contributed by atoms with Crippen LogP contribution in [0.15, 0.2) is 12.1 Å². The Kier molecular flexibility index (Phi) is 13.3. The molecule has 0 spiro atoms. The molecule has 0 saturated carbocycles. The number of hydrogen-bond donors (Lipinski definition) is 0. The maximum absolute atomic E-state index is 6.35. The lowest BCUT2D eigenvalue weighted by atomic mass is 10.1. The number of hydrogen-bond acceptors (Lipinski definition) is 2. The van der Waals surface area contributed by atoms with Crippen LogP contribution in [-0.2, 0) is 33.3 Å². The minimum Gasteiger partial charge on any atom is -1.00 e. The second-order valence-corrected chi connectivity index (χ2v) is 13.1. The summed E-state index contributed by atoms with van der Waals surface area (Å²) in [6.45, 7) is 5.43. The minimum absolute atomic E-state index is 0. The van der Waals surface area contributed by atoms with E-state index in [0.29, 0.717) is 21.8 Å². The van der Waals surface area contributed by atoms with Gasteiger partial charge in [-0.05, 0) is 78.4 Å². The Bertz CT molecular complexity index is 586. The Morgan fingerprint density at radius 2 is 1.31 bits per heavy atom. The van der Waals surface area contributed by atoms with Gasteiger partial charge in [0.15, 0.2) is 0 Å². The second-order valence-electron chi connectivity index (χ2n) is 8.40. The molecule has 0 bridgehead atoms. The second kappa shape index (κ2) is 14.2. The van der Waals surface area contributed by atoms with E-state index in [0.717, 1.165) is 30.4 Å². The van der Waals surface area contributed by atoms with Gasteiger partial charge in [-0.3, -0.25) is 0 Å². The predicted octanol–water partition coefficient (Wildman–Crippen LogP) is -0.658. The third kappa shape index (κ3) is 8.63. The summed E-state index contributed by atoms with van der Waals surface area (Å²) in [6, 6.07) is 4.66. The summed E-state index contributed by atoms with van der Waals surface area (Å²) in [6.07, 6.45) is 8.02. The quantitative estimate of drug-likeness (QED) is 0.327. The van der Waals surface area contributed by atoms with Gasteiger partial charge in [0.05, 0.1) is 13.7 Å². The van der Waals surface area contributed by atoms with Crippen molar-refractivity contribution in [2.45, 2.75) is 63.9 Å². The third-order valence-corrected chi connectivity index (χ3v) is 10.5. The highest BCUT2D eigenvalue weighted by atomic mass is 35.5. The molecule has 29 heavy (non-hydrogen) atoms. The minimum atomic E-state index is 0. The van der Waals surface area contributed by atoms with Crippen LogP contribution in [0.2, 0.25) is 0 Å². The first-order valence-corrected chi connectivity index (χ1v) is 14.2. The van der Waals surface area contributed by atoms with E-state index in [4.69, 9.17) is 9.47 Å². The normalized spacial score (nSPS) is 17.2. The number of halogens is 2. The van der Waals surface area contributed by atoms with Gasteiger partial charge in [0.2, 0.25) is 0 Å². The number of benzene rings is 1. The molecule has 0 aliphatic carbocycles. The Hall–Kier alpha value is 0.1000. The topological polar surface area (TPSA) is 18.5 Å². The first-order chi connectivity index (χ1) is 13.2. The Morgan fingerprint density at radius 1 is 0.828 bits per heavy atom. The van der Waals surface area contributed by atoms with Crippen LogP contribution in [0, 0.1) is 5.92 Å². The lowest BCUT2D eigenvalue weighted by Gasteiger charge is -2.16. The van der Waals surface area contributed by atoms with Crippen molar-refractivity contribution in [1.29, 1.82) is 0 Å². The largest absolute Gasteiger partial charge is 1.00 e. The zero-order valence-corrected chi connectivity index (χ0v) is 21.5. The predicted molar refractivity (Wildman–Crippen MR) is 123 cm³/mol. The summed E-state index contributed by atoms with van der Waals surface area (Å²) in [5.74, 6) is 11.0. The average molecular weight is 482 g/mol. The molecule has 2 saturated heterocycles. The summed E-state index contributed by atoms with van der Waals surface area (Å²) >= 11 is 0. The van der Waals surface area contributed by atoms with Crippen molar-refractivity contribution >= 4 is 21.8 Å². The van der Waals surface area contributed by atoms with Crippen LogP contribution >= 0.6 is 0 Å². The highest BCUT2D eigenvalue weighted by molar-refractivity contribution is 7.96. The van der Waals surface area contributed by atoms with Crippen LogP contribution in [0.25, 0.3) is 0 Å². The van der Waals surface area contributed by atoms with E-state index in [1.807, 2.05) is 7.11 Å². The summed E-state index contributed by atoms with van der Waals surface area (Å²) in [7, 11) is 2.92. The summed E-state index contributed by atoms with van der Waals surface area (Å²) in [5, 5.41) is 0. The van der Waals surface area contributed by atoms with E-state index < -0.39 is 0 Å². The molecular weight excluding hydrogens is 443 g/mol. The molecule has 0 unspecified atom stereocenters. The summed E-state index contributed by atoms with van der Waals surface area (Å²) in [4.78, 5) is 0. The highest BCUT2D eigenvalue weighted by Crippen LogP contribution is 2.34. The Labute approximate surface area is 196 Å². The molecule has 1 aromatic carbocycles.